The molecule has 0 aliphatic carbocycles. The minimum absolute atomic E-state index is 0.110. The highest BCUT2D eigenvalue weighted by molar-refractivity contribution is 5.18. The molecule has 1 unspecified atom stereocenters. The van der Waals surface area contributed by atoms with Crippen LogP contribution in [0.1, 0.15) is 25.3 Å². The lowest BCUT2D eigenvalue weighted by molar-refractivity contribution is 0.499. The fourth-order valence-corrected chi connectivity index (χ4v) is 2.25. The SMILES string of the molecule is CC(Cc1ccccc1F)NCCCCn1ccnc1. The molecule has 1 N–H and O–H groups in total. The number of benzene rings is 1. The second-order valence-electron chi connectivity index (χ2n) is 5.16. The summed E-state index contributed by atoms with van der Waals surface area (Å²) in [4.78, 5) is 4.02. The molecule has 1 atom stereocenters. The van der Waals surface area contributed by atoms with Crippen molar-refractivity contribution >= 4 is 0 Å². The van der Waals surface area contributed by atoms with Crippen LogP contribution in [0.2, 0.25) is 0 Å². The summed E-state index contributed by atoms with van der Waals surface area (Å²) in [6.07, 6.45) is 8.58. The highest BCUT2D eigenvalue weighted by atomic mass is 19.1. The maximum Gasteiger partial charge on any atom is 0.126 e. The van der Waals surface area contributed by atoms with Crippen molar-refractivity contribution in [3.63, 3.8) is 0 Å². The summed E-state index contributed by atoms with van der Waals surface area (Å²) in [6.45, 7) is 4.07. The van der Waals surface area contributed by atoms with Gasteiger partial charge in [-0.25, -0.2) is 9.37 Å². The Morgan fingerprint density at radius 1 is 1.30 bits per heavy atom. The van der Waals surface area contributed by atoms with Gasteiger partial charge in [-0.3, -0.25) is 0 Å². The number of rotatable bonds is 8. The third-order valence-electron chi connectivity index (χ3n) is 3.38. The van der Waals surface area contributed by atoms with Crippen LogP contribution in [-0.4, -0.2) is 22.1 Å². The summed E-state index contributed by atoms with van der Waals surface area (Å²) in [5, 5.41) is 3.45. The van der Waals surface area contributed by atoms with Crippen molar-refractivity contribution in [1.29, 1.82) is 0 Å². The lowest BCUT2D eigenvalue weighted by atomic mass is 10.1. The maximum atomic E-state index is 13.5. The Morgan fingerprint density at radius 3 is 2.90 bits per heavy atom. The van der Waals surface area contributed by atoms with Gasteiger partial charge in [0.05, 0.1) is 6.33 Å². The van der Waals surface area contributed by atoms with Crippen molar-refractivity contribution in [2.45, 2.75) is 38.8 Å². The van der Waals surface area contributed by atoms with Gasteiger partial charge in [-0.15, -0.1) is 0 Å². The molecule has 1 aromatic heterocycles. The molecule has 0 aliphatic heterocycles. The van der Waals surface area contributed by atoms with Gasteiger partial charge in [0.1, 0.15) is 5.82 Å². The molecule has 3 nitrogen and oxygen atoms in total. The summed E-state index contributed by atoms with van der Waals surface area (Å²) in [5.41, 5.74) is 0.783. The van der Waals surface area contributed by atoms with Gasteiger partial charge in [-0.1, -0.05) is 18.2 Å². The van der Waals surface area contributed by atoms with E-state index in [1.807, 2.05) is 24.7 Å². The monoisotopic (exact) mass is 275 g/mol. The Balaban J connectivity index is 1.60. The van der Waals surface area contributed by atoms with Crippen molar-refractivity contribution in [3.05, 3.63) is 54.4 Å². The van der Waals surface area contributed by atoms with Crippen molar-refractivity contribution in [2.75, 3.05) is 6.54 Å². The van der Waals surface area contributed by atoms with Gasteiger partial charge in [0.15, 0.2) is 0 Å². The van der Waals surface area contributed by atoms with Crippen LogP contribution in [0.25, 0.3) is 0 Å². The van der Waals surface area contributed by atoms with E-state index in [0.717, 1.165) is 37.9 Å². The molecule has 0 radical (unpaired) electrons. The van der Waals surface area contributed by atoms with Gasteiger partial charge < -0.3 is 9.88 Å². The average Bonchev–Trinajstić information content (AvgIpc) is 2.94. The molecule has 2 rings (SSSR count). The van der Waals surface area contributed by atoms with Gasteiger partial charge in [0, 0.05) is 25.0 Å². The number of aromatic nitrogens is 2. The van der Waals surface area contributed by atoms with Crippen LogP contribution < -0.4 is 5.32 Å². The van der Waals surface area contributed by atoms with Crippen LogP contribution in [0.3, 0.4) is 0 Å². The maximum absolute atomic E-state index is 13.5. The van der Waals surface area contributed by atoms with Gasteiger partial charge in [-0.05, 0) is 44.4 Å². The standard InChI is InChI=1S/C16H22FN3/c1-14(12-15-6-2-3-7-16(15)17)19-8-4-5-10-20-11-9-18-13-20/h2-3,6-7,9,11,13-14,19H,4-5,8,10,12H2,1H3. The van der Waals surface area contributed by atoms with Gasteiger partial charge in [0.2, 0.25) is 0 Å². The zero-order chi connectivity index (χ0) is 14.2. The van der Waals surface area contributed by atoms with Gasteiger partial charge >= 0.3 is 0 Å². The fourth-order valence-electron chi connectivity index (χ4n) is 2.25. The molecule has 1 heterocycles. The van der Waals surface area contributed by atoms with E-state index in [0.29, 0.717) is 6.04 Å². The van der Waals surface area contributed by atoms with E-state index in [1.165, 1.54) is 6.07 Å². The Morgan fingerprint density at radius 2 is 2.15 bits per heavy atom. The van der Waals surface area contributed by atoms with E-state index < -0.39 is 0 Å². The van der Waals surface area contributed by atoms with Crippen LogP contribution in [0.5, 0.6) is 0 Å². The number of nitrogens with zero attached hydrogens (tertiary/aromatic N) is 2. The van der Waals surface area contributed by atoms with E-state index >= 15 is 0 Å². The zero-order valence-corrected chi connectivity index (χ0v) is 11.9. The molecule has 0 saturated heterocycles. The smallest absolute Gasteiger partial charge is 0.126 e. The fraction of sp³-hybridized carbons (Fsp3) is 0.438. The molecule has 0 spiro atoms. The summed E-state index contributed by atoms with van der Waals surface area (Å²) >= 11 is 0. The zero-order valence-electron chi connectivity index (χ0n) is 11.9. The highest BCUT2D eigenvalue weighted by Gasteiger charge is 2.06. The molecule has 108 valence electrons. The Hall–Kier alpha value is -1.68. The molecule has 0 fully saturated rings. The van der Waals surface area contributed by atoms with Crippen molar-refractivity contribution < 1.29 is 4.39 Å². The molecule has 0 aliphatic rings. The van der Waals surface area contributed by atoms with Crippen LogP contribution in [0.4, 0.5) is 4.39 Å². The van der Waals surface area contributed by atoms with Crippen LogP contribution >= 0.6 is 0 Å². The largest absolute Gasteiger partial charge is 0.337 e. The van der Waals surface area contributed by atoms with Crippen molar-refractivity contribution in [1.82, 2.24) is 14.9 Å². The third-order valence-corrected chi connectivity index (χ3v) is 3.38. The number of hydrogen-bond acceptors (Lipinski definition) is 2. The number of aryl methyl sites for hydroxylation is 1. The van der Waals surface area contributed by atoms with E-state index in [-0.39, 0.29) is 5.82 Å². The topological polar surface area (TPSA) is 29.9 Å². The minimum Gasteiger partial charge on any atom is -0.337 e. The Kier molecular flexibility index (Phi) is 5.74. The first-order valence-corrected chi connectivity index (χ1v) is 7.18. The number of unbranched alkanes of at least 4 members (excludes halogenated alkanes) is 1. The van der Waals surface area contributed by atoms with E-state index in [4.69, 9.17) is 0 Å². The summed E-state index contributed by atoms with van der Waals surface area (Å²) in [7, 11) is 0. The normalized spacial score (nSPS) is 12.5. The highest BCUT2D eigenvalue weighted by Crippen LogP contribution is 2.09. The van der Waals surface area contributed by atoms with Crippen molar-refractivity contribution in [2.24, 2.45) is 0 Å². The third kappa shape index (κ3) is 4.78. The van der Waals surface area contributed by atoms with E-state index in [2.05, 4.69) is 21.8 Å². The summed E-state index contributed by atoms with van der Waals surface area (Å²) < 4.78 is 15.6. The summed E-state index contributed by atoms with van der Waals surface area (Å²) in [6, 6.07) is 7.28. The van der Waals surface area contributed by atoms with Gasteiger partial charge in [-0.2, -0.15) is 0 Å². The first kappa shape index (κ1) is 14.7. The molecular weight excluding hydrogens is 253 g/mol. The molecule has 0 bridgehead atoms. The average molecular weight is 275 g/mol. The number of nitrogens with one attached hydrogen (secondary N) is 1. The number of imidazole rings is 1. The lowest BCUT2D eigenvalue weighted by Gasteiger charge is -2.14. The second kappa shape index (κ2) is 7.80. The number of halogens is 1. The Bertz CT molecular complexity index is 496. The Labute approximate surface area is 119 Å². The first-order chi connectivity index (χ1) is 9.75. The van der Waals surface area contributed by atoms with Crippen LogP contribution in [0, 0.1) is 5.82 Å². The van der Waals surface area contributed by atoms with E-state index in [1.54, 1.807) is 12.3 Å². The van der Waals surface area contributed by atoms with Crippen molar-refractivity contribution in [3.8, 4) is 0 Å². The first-order valence-electron chi connectivity index (χ1n) is 7.18. The molecule has 0 saturated carbocycles. The lowest BCUT2D eigenvalue weighted by Crippen LogP contribution is -2.29. The minimum atomic E-state index is -0.110. The predicted molar refractivity (Wildman–Crippen MR) is 79.0 cm³/mol. The van der Waals surface area contributed by atoms with Crippen LogP contribution in [0.15, 0.2) is 43.0 Å². The molecule has 2 aromatic rings. The van der Waals surface area contributed by atoms with Crippen LogP contribution in [-0.2, 0) is 13.0 Å². The quantitative estimate of drug-likeness (QED) is 0.751. The molecular formula is C16H22FN3. The van der Waals surface area contributed by atoms with E-state index in [9.17, 15) is 4.39 Å². The molecule has 1 aromatic carbocycles. The molecule has 0 amide bonds. The molecule has 20 heavy (non-hydrogen) atoms. The number of hydrogen-bond donors (Lipinski definition) is 1. The summed E-state index contributed by atoms with van der Waals surface area (Å²) in [5.74, 6) is -0.110. The predicted octanol–water partition coefficient (Wildman–Crippen LogP) is 3.02. The molecule has 4 heteroatoms. The van der Waals surface area contributed by atoms with Gasteiger partial charge in [0.25, 0.3) is 0 Å². The second-order valence-corrected chi connectivity index (χ2v) is 5.16.